The number of halogens is 3. The topological polar surface area (TPSA) is 99.4 Å². The molecule has 2 aliphatic carbocycles. The number of hydrogen-bond acceptors (Lipinski definition) is 5. The number of primary amides is 1. The lowest BCUT2D eigenvalue weighted by Gasteiger charge is -2.28. The highest BCUT2D eigenvalue weighted by molar-refractivity contribution is 5.99. The van der Waals surface area contributed by atoms with Crippen molar-refractivity contribution in [3.8, 4) is 0 Å². The first kappa shape index (κ1) is 22.9. The first-order valence-corrected chi connectivity index (χ1v) is 10.8. The zero-order valence-corrected chi connectivity index (χ0v) is 17.7. The zero-order valence-electron chi connectivity index (χ0n) is 17.7. The van der Waals surface area contributed by atoms with E-state index in [0.717, 1.165) is 11.6 Å². The maximum absolute atomic E-state index is 13.3. The van der Waals surface area contributed by atoms with Gasteiger partial charge in [-0.2, -0.15) is 13.2 Å². The first-order valence-electron chi connectivity index (χ1n) is 10.8. The number of carbonyl (C=O) groups is 3. The molecule has 0 bridgehead atoms. The van der Waals surface area contributed by atoms with E-state index in [4.69, 9.17) is 10.5 Å². The van der Waals surface area contributed by atoms with Crippen LogP contribution >= 0.6 is 0 Å². The SMILES string of the molecule is NC(=O)C1(OC(=O)c2ccc(C3CCC(C(=O)c4ccccc4C(F)(F)F)CC3)cn2)CC1. The second-order valence-corrected chi connectivity index (χ2v) is 8.68. The number of Topliss-reactive ketones (excluding diaryl/α,β-unsaturated/α-hetero) is 1. The molecule has 2 aliphatic rings. The summed E-state index contributed by atoms with van der Waals surface area (Å²) in [5, 5.41) is 0. The van der Waals surface area contributed by atoms with Gasteiger partial charge in [-0.1, -0.05) is 24.3 Å². The number of benzene rings is 1. The van der Waals surface area contributed by atoms with Gasteiger partial charge in [0.15, 0.2) is 11.4 Å². The van der Waals surface area contributed by atoms with Crippen molar-refractivity contribution < 1.29 is 32.3 Å². The lowest BCUT2D eigenvalue weighted by molar-refractivity contribution is -0.138. The summed E-state index contributed by atoms with van der Waals surface area (Å²) in [7, 11) is 0. The van der Waals surface area contributed by atoms with Gasteiger partial charge < -0.3 is 10.5 Å². The first-order chi connectivity index (χ1) is 15.6. The molecule has 0 radical (unpaired) electrons. The van der Waals surface area contributed by atoms with Gasteiger partial charge in [0.1, 0.15) is 5.69 Å². The summed E-state index contributed by atoms with van der Waals surface area (Å²) < 4.78 is 45.0. The fourth-order valence-corrected chi connectivity index (χ4v) is 4.36. The van der Waals surface area contributed by atoms with E-state index in [1.807, 2.05) is 0 Å². The minimum Gasteiger partial charge on any atom is -0.444 e. The number of nitrogens with two attached hydrogens (primary N) is 1. The van der Waals surface area contributed by atoms with Crippen LogP contribution in [0.5, 0.6) is 0 Å². The summed E-state index contributed by atoms with van der Waals surface area (Å²) >= 11 is 0. The highest BCUT2D eigenvalue weighted by Gasteiger charge is 2.53. The molecule has 2 saturated carbocycles. The molecular formula is C24H23F3N2O4. The molecule has 0 unspecified atom stereocenters. The number of hydrogen-bond donors (Lipinski definition) is 1. The van der Waals surface area contributed by atoms with Crippen molar-refractivity contribution in [3.63, 3.8) is 0 Å². The summed E-state index contributed by atoms with van der Waals surface area (Å²) in [6.07, 6.45) is -0.00707. The Morgan fingerprint density at radius 3 is 2.21 bits per heavy atom. The molecule has 1 aromatic carbocycles. The predicted octanol–water partition coefficient (Wildman–Crippen LogP) is 4.43. The Bertz CT molecular complexity index is 1070. The highest BCUT2D eigenvalue weighted by atomic mass is 19.4. The molecular weight excluding hydrogens is 437 g/mol. The molecule has 2 fully saturated rings. The van der Waals surface area contributed by atoms with Crippen molar-refractivity contribution in [1.29, 1.82) is 0 Å². The summed E-state index contributed by atoms with van der Waals surface area (Å²) in [6.45, 7) is 0. The van der Waals surface area contributed by atoms with Crippen molar-refractivity contribution in [1.82, 2.24) is 4.98 Å². The van der Waals surface area contributed by atoms with Crippen molar-refractivity contribution in [2.24, 2.45) is 11.7 Å². The minimum atomic E-state index is -4.57. The number of ketones is 1. The van der Waals surface area contributed by atoms with Crippen molar-refractivity contribution in [2.75, 3.05) is 0 Å². The molecule has 9 heteroatoms. The van der Waals surface area contributed by atoms with Crippen molar-refractivity contribution in [3.05, 3.63) is 65.0 Å². The molecule has 2 N–H and O–H groups in total. The lowest BCUT2D eigenvalue weighted by Crippen LogP contribution is -2.35. The number of alkyl halides is 3. The van der Waals surface area contributed by atoms with Crippen LogP contribution in [0.1, 0.15) is 76.4 Å². The van der Waals surface area contributed by atoms with E-state index in [1.165, 1.54) is 24.3 Å². The van der Waals surface area contributed by atoms with Crippen LogP contribution < -0.4 is 5.73 Å². The summed E-state index contributed by atoms with van der Waals surface area (Å²) in [6, 6.07) is 8.17. The van der Waals surface area contributed by atoms with Gasteiger partial charge in [-0.15, -0.1) is 0 Å². The van der Waals surface area contributed by atoms with Crippen LogP contribution in [-0.2, 0) is 15.7 Å². The van der Waals surface area contributed by atoms with Crippen LogP contribution in [0.2, 0.25) is 0 Å². The van der Waals surface area contributed by atoms with Crippen LogP contribution in [0.25, 0.3) is 0 Å². The number of nitrogens with zero attached hydrogens (tertiary/aromatic N) is 1. The van der Waals surface area contributed by atoms with Gasteiger partial charge in [0.05, 0.1) is 5.56 Å². The van der Waals surface area contributed by atoms with E-state index < -0.39 is 40.9 Å². The third-order valence-corrected chi connectivity index (χ3v) is 6.50. The van der Waals surface area contributed by atoms with Crippen LogP contribution in [0.4, 0.5) is 13.2 Å². The van der Waals surface area contributed by atoms with E-state index in [2.05, 4.69) is 4.98 Å². The summed E-state index contributed by atoms with van der Waals surface area (Å²) in [4.78, 5) is 40.6. The van der Waals surface area contributed by atoms with Gasteiger partial charge >= 0.3 is 12.1 Å². The molecule has 6 nitrogen and oxygen atoms in total. The Hall–Kier alpha value is -3.23. The third kappa shape index (κ3) is 4.77. The van der Waals surface area contributed by atoms with Gasteiger partial charge in [-0.05, 0) is 49.3 Å². The van der Waals surface area contributed by atoms with Crippen LogP contribution in [0, 0.1) is 5.92 Å². The normalized spacial score (nSPS) is 21.8. The van der Waals surface area contributed by atoms with E-state index in [1.54, 1.807) is 12.3 Å². The Kier molecular flexibility index (Phi) is 5.99. The smallest absolute Gasteiger partial charge is 0.417 e. The van der Waals surface area contributed by atoms with Crippen LogP contribution in [0.3, 0.4) is 0 Å². The maximum atomic E-state index is 13.3. The number of aromatic nitrogens is 1. The fraction of sp³-hybridized carbons (Fsp3) is 0.417. The quantitative estimate of drug-likeness (QED) is 0.508. The second-order valence-electron chi connectivity index (χ2n) is 8.68. The van der Waals surface area contributed by atoms with Crippen molar-refractivity contribution >= 4 is 17.7 Å². The van der Waals surface area contributed by atoms with Crippen LogP contribution in [-0.4, -0.2) is 28.2 Å². The minimum absolute atomic E-state index is 0.0684. The molecule has 1 heterocycles. The largest absolute Gasteiger partial charge is 0.444 e. The molecule has 0 atom stereocenters. The van der Waals surface area contributed by atoms with E-state index in [-0.39, 0.29) is 17.2 Å². The molecule has 2 aromatic rings. The highest BCUT2D eigenvalue weighted by Crippen LogP contribution is 2.41. The molecule has 0 saturated heterocycles. The Labute approximate surface area is 188 Å². The van der Waals surface area contributed by atoms with Gasteiger partial charge in [0.2, 0.25) is 0 Å². The average Bonchev–Trinajstić information content (AvgIpc) is 3.59. The lowest BCUT2D eigenvalue weighted by atomic mass is 9.76. The summed E-state index contributed by atoms with van der Waals surface area (Å²) in [5.41, 5.74) is 3.82. The molecule has 0 spiro atoms. The van der Waals surface area contributed by atoms with E-state index in [0.29, 0.717) is 38.5 Å². The molecule has 33 heavy (non-hydrogen) atoms. The predicted molar refractivity (Wildman–Crippen MR) is 111 cm³/mol. The van der Waals surface area contributed by atoms with E-state index >= 15 is 0 Å². The second kappa shape index (κ2) is 8.61. The van der Waals surface area contributed by atoms with Gasteiger partial charge in [0, 0.05) is 30.5 Å². The Balaban J connectivity index is 1.37. The zero-order chi connectivity index (χ0) is 23.8. The third-order valence-electron chi connectivity index (χ3n) is 6.50. The number of carbonyl (C=O) groups excluding carboxylic acids is 3. The van der Waals surface area contributed by atoms with E-state index in [9.17, 15) is 27.6 Å². The number of pyridine rings is 1. The number of rotatable bonds is 6. The monoisotopic (exact) mass is 460 g/mol. The molecule has 1 aromatic heterocycles. The van der Waals surface area contributed by atoms with Gasteiger partial charge in [0.25, 0.3) is 5.91 Å². The molecule has 0 aliphatic heterocycles. The molecule has 174 valence electrons. The standard InChI is InChI=1S/C24H23F3N2O4/c25-24(26,27)18-4-2-1-3-17(18)20(30)15-7-5-14(6-8-15)16-9-10-19(29-13-16)21(31)33-23(11-12-23)22(28)32/h1-4,9-10,13-15H,5-8,11-12H2,(H2,28,32). The Morgan fingerprint density at radius 1 is 1.00 bits per heavy atom. The summed E-state index contributed by atoms with van der Waals surface area (Å²) in [5.74, 6) is -2.23. The van der Waals surface area contributed by atoms with Crippen molar-refractivity contribution in [2.45, 2.75) is 56.2 Å². The number of amides is 1. The Morgan fingerprint density at radius 2 is 1.67 bits per heavy atom. The van der Waals surface area contributed by atoms with Gasteiger partial charge in [-0.25, -0.2) is 9.78 Å². The van der Waals surface area contributed by atoms with Gasteiger partial charge in [-0.3, -0.25) is 9.59 Å². The molecule has 4 rings (SSSR count). The van der Waals surface area contributed by atoms with Crippen LogP contribution in [0.15, 0.2) is 42.6 Å². The molecule has 1 amide bonds. The number of ether oxygens (including phenoxy) is 1. The number of esters is 1. The fourth-order valence-electron chi connectivity index (χ4n) is 4.36. The maximum Gasteiger partial charge on any atom is 0.417 e. The average molecular weight is 460 g/mol.